The molecule has 0 aliphatic heterocycles. The molecule has 6 nitrogen and oxygen atoms in total. The Morgan fingerprint density at radius 2 is 1.75 bits per heavy atom. The molecule has 12 heavy (non-hydrogen) atoms. The zero-order valence-corrected chi connectivity index (χ0v) is 5.89. The van der Waals surface area contributed by atoms with Crippen LogP contribution >= 0.6 is 0 Å². The first-order valence-corrected chi connectivity index (χ1v) is 2.98. The van der Waals surface area contributed by atoms with Gasteiger partial charge in [-0.2, -0.15) is 0 Å². The van der Waals surface area contributed by atoms with Gasteiger partial charge in [-0.3, -0.25) is 10.1 Å². The van der Waals surface area contributed by atoms with Crippen LogP contribution in [0.1, 0.15) is 0 Å². The second-order valence-electron chi connectivity index (χ2n) is 2.15. The number of anilines is 1. The number of phenolic OH excluding ortho intramolecular Hbond substituents is 2. The van der Waals surface area contributed by atoms with E-state index in [1.165, 1.54) is 0 Å². The first kappa shape index (κ1) is 8.12. The average molecular weight is 170 g/mol. The summed E-state index contributed by atoms with van der Waals surface area (Å²) in [4.78, 5) is 9.42. The third-order valence-electron chi connectivity index (χ3n) is 1.33. The van der Waals surface area contributed by atoms with Crippen LogP contribution in [0.15, 0.2) is 12.1 Å². The molecular formula is C6H6N2O4. The number of aromatic hydroxyl groups is 2. The van der Waals surface area contributed by atoms with Gasteiger partial charge < -0.3 is 15.9 Å². The lowest BCUT2D eigenvalue weighted by Crippen LogP contribution is -1.91. The molecule has 0 radical (unpaired) electrons. The third kappa shape index (κ3) is 1.22. The minimum absolute atomic E-state index is 0.263. The molecule has 6 heteroatoms. The zero-order chi connectivity index (χ0) is 9.30. The molecule has 0 spiro atoms. The highest BCUT2D eigenvalue weighted by molar-refractivity contribution is 5.65. The lowest BCUT2D eigenvalue weighted by molar-refractivity contribution is -0.385. The predicted octanol–water partition coefficient (Wildman–Crippen LogP) is 0.588. The van der Waals surface area contributed by atoms with Crippen molar-refractivity contribution in [1.82, 2.24) is 0 Å². The molecule has 0 fully saturated rings. The summed E-state index contributed by atoms with van der Waals surface area (Å²) in [5, 5.41) is 28.0. The lowest BCUT2D eigenvalue weighted by atomic mass is 10.2. The number of rotatable bonds is 1. The van der Waals surface area contributed by atoms with Gasteiger partial charge in [0.05, 0.1) is 17.1 Å². The highest BCUT2D eigenvalue weighted by atomic mass is 16.6. The van der Waals surface area contributed by atoms with E-state index in [2.05, 4.69) is 0 Å². The molecule has 1 aromatic rings. The van der Waals surface area contributed by atoms with Crippen LogP contribution in [0.3, 0.4) is 0 Å². The van der Waals surface area contributed by atoms with E-state index in [1.807, 2.05) is 0 Å². The number of nitro benzene ring substituents is 1. The second-order valence-corrected chi connectivity index (χ2v) is 2.15. The second kappa shape index (κ2) is 2.57. The van der Waals surface area contributed by atoms with Gasteiger partial charge in [0.15, 0.2) is 0 Å². The van der Waals surface area contributed by atoms with Gasteiger partial charge in [0.2, 0.25) is 0 Å². The summed E-state index contributed by atoms with van der Waals surface area (Å²) < 4.78 is 0. The summed E-state index contributed by atoms with van der Waals surface area (Å²) in [5.41, 5.74) is 4.46. The first-order valence-electron chi connectivity index (χ1n) is 2.98. The Morgan fingerprint density at radius 3 is 2.08 bits per heavy atom. The van der Waals surface area contributed by atoms with E-state index >= 15 is 0 Å². The zero-order valence-electron chi connectivity index (χ0n) is 5.89. The van der Waals surface area contributed by atoms with Gasteiger partial charge in [0.25, 0.3) is 5.69 Å². The van der Waals surface area contributed by atoms with E-state index in [0.29, 0.717) is 0 Å². The number of nitrogen functional groups attached to an aromatic ring is 1. The quantitative estimate of drug-likeness (QED) is 0.247. The summed E-state index contributed by atoms with van der Waals surface area (Å²) in [6.45, 7) is 0. The molecule has 64 valence electrons. The highest BCUT2D eigenvalue weighted by Gasteiger charge is 2.12. The van der Waals surface area contributed by atoms with Crippen molar-refractivity contribution in [3.05, 3.63) is 22.2 Å². The number of hydrogen-bond donors (Lipinski definition) is 3. The number of nitrogens with two attached hydrogens (primary N) is 1. The smallest absolute Gasteiger partial charge is 0.276 e. The van der Waals surface area contributed by atoms with E-state index < -0.39 is 22.1 Å². The fraction of sp³-hybridized carbons (Fsp3) is 0. The molecule has 0 heterocycles. The van der Waals surface area contributed by atoms with E-state index in [1.54, 1.807) is 0 Å². The largest absolute Gasteiger partial charge is 0.505 e. The summed E-state index contributed by atoms with van der Waals surface area (Å²) in [6, 6.07) is 1.74. The summed E-state index contributed by atoms with van der Waals surface area (Å²) in [7, 11) is 0. The molecule has 0 aliphatic carbocycles. The van der Waals surface area contributed by atoms with Gasteiger partial charge in [-0.05, 0) is 0 Å². The van der Waals surface area contributed by atoms with E-state index in [9.17, 15) is 10.1 Å². The number of hydrogen-bond acceptors (Lipinski definition) is 5. The summed E-state index contributed by atoms with van der Waals surface area (Å²) in [5.74, 6) is -0.997. The van der Waals surface area contributed by atoms with Crippen LogP contribution in [0, 0.1) is 10.1 Å². The fourth-order valence-electron chi connectivity index (χ4n) is 0.714. The molecule has 0 aromatic heterocycles. The Morgan fingerprint density at radius 1 is 1.33 bits per heavy atom. The van der Waals surface area contributed by atoms with Crippen molar-refractivity contribution in [2.75, 3.05) is 5.73 Å². The van der Waals surface area contributed by atoms with Gasteiger partial charge in [-0.25, -0.2) is 0 Å². The highest BCUT2D eigenvalue weighted by Crippen LogP contribution is 2.34. The average Bonchev–Trinajstić information content (AvgIpc) is 1.99. The van der Waals surface area contributed by atoms with E-state index in [4.69, 9.17) is 15.9 Å². The molecule has 0 amide bonds. The maximum Gasteiger partial charge on any atom is 0.276 e. The number of nitrogens with zero attached hydrogens (tertiary/aromatic N) is 1. The normalized spacial score (nSPS) is 9.67. The minimum atomic E-state index is -0.737. The van der Waals surface area contributed by atoms with Crippen molar-refractivity contribution in [3.8, 4) is 11.5 Å². The number of nitro groups is 1. The molecule has 0 bridgehead atoms. The van der Waals surface area contributed by atoms with Crippen LogP contribution in [-0.4, -0.2) is 15.1 Å². The van der Waals surface area contributed by atoms with Crippen molar-refractivity contribution in [3.63, 3.8) is 0 Å². The summed E-state index contributed by atoms with van der Waals surface area (Å²) >= 11 is 0. The molecule has 1 rings (SSSR count). The maximum atomic E-state index is 10.2. The molecule has 4 N–H and O–H groups in total. The fourth-order valence-corrected chi connectivity index (χ4v) is 0.714. The number of phenols is 2. The van der Waals surface area contributed by atoms with Crippen LogP contribution in [0.5, 0.6) is 11.5 Å². The topological polar surface area (TPSA) is 110 Å². The molecule has 0 saturated carbocycles. The van der Waals surface area contributed by atoms with Crippen molar-refractivity contribution in [1.29, 1.82) is 0 Å². The molecule has 1 aromatic carbocycles. The number of benzene rings is 1. The van der Waals surface area contributed by atoms with Crippen LogP contribution in [0.4, 0.5) is 11.4 Å². The van der Waals surface area contributed by atoms with Crippen LogP contribution in [-0.2, 0) is 0 Å². The molecular weight excluding hydrogens is 164 g/mol. The summed E-state index contributed by atoms with van der Waals surface area (Å²) in [6.07, 6.45) is 0. The standard InChI is InChI=1S/C6H6N2O4/c7-6-4(9)1-3(8(11)12)2-5(6)10/h1-2,9-10H,7H2. The van der Waals surface area contributed by atoms with Crippen LogP contribution in [0.2, 0.25) is 0 Å². The van der Waals surface area contributed by atoms with Crippen LogP contribution < -0.4 is 5.73 Å². The maximum absolute atomic E-state index is 10.2. The lowest BCUT2D eigenvalue weighted by Gasteiger charge is -2.00. The SMILES string of the molecule is Nc1c(O)cc([N+](=O)[O-])cc1O. The minimum Gasteiger partial charge on any atom is -0.505 e. The molecule has 0 unspecified atom stereocenters. The van der Waals surface area contributed by atoms with Gasteiger partial charge in [0, 0.05) is 0 Å². The molecule has 0 atom stereocenters. The molecule has 0 saturated heterocycles. The Bertz CT molecular complexity index is 313. The first-order chi connectivity index (χ1) is 5.52. The predicted molar refractivity (Wildman–Crippen MR) is 40.8 cm³/mol. The monoisotopic (exact) mass is 170 g/mol. The van der Waals surface area contributed by atoms with Crippen LogP contribution in [0.25, 0.3) is 0 Å². The van der Waals surface area contributed by atoms with E-state index in [0.717, 1.165) is 12.1 Å². The Labute approximate surface area is 67.0 Å². The Kier molecular flexibility index (Phi) is 1.74. The van der Waals surface area contributed by atoms with Gasteiger partial charge in [-0.15, -0.1) is 0 Å². The van der Waals surface area contributed by atoms with Crippen molar-refractivity contribution < 1.29 is 15.1 Å². The van der Waals surface area contributed by atoms with Gasteiger partial charge in [-0.1, -0.05) is 0 Å². The van der Waals surface area contributed by atoms with Crippen molar-refractivity contribution >= 4 is 11.4 Å². The Balaban J connectivity index is 3.31. The van der Waals surface area contributed by atoms with E-state index in [-0.39, 0.29) is 5.69 Å². The third-order valence-corrected chi connectivity index (χ3v) is 1.33. The van der Waals surface area contributed by atoms with Gasteiger partial charge >= 0.3 is 0 Å². The Hall–Kier alpha value is -1.98. The number of non-ortho nitro benzene ring substituents is 1. The van der Waals surface area contributed by atoms with Gasteiger partial charge in [0.1, 0.15) is 17.2 Å². The van der Waals surface area contributed by atoms with Crippen molar-refractivity contribution in [2.45, 2.75) is 0 Å². The molecule has 0 aliphatic rings. The van der Waals surface area contributed by atoms with Crippen molar-refractivity contribution in [2.24, 2.45) is 0 Å².